The molecule has 0 aromatic carbocycles. The molecule has 2 rings (SSSR count). The maximum Gasteiger partial charge on any atom is 0.488 e. The van der Waals surface area contributed by atoms with Crippen molar-refractivity contribution in [2.45, 2.75) is 19.3 Å². The number of hydrogen-bond acceptors (Lipinski definition) is 10. The molecule has 1 aromatic rings. The summed E-state index contributed by atoms with van der Waals surface area (Å²) in [5, 5.41) is 0. The molecule has 7 N–H and O–H groups in total. The van der Waals surface area contributed by atoms with Gasteiger partial charge < -0.3 is 30.0 Å². The smallest absolute Gasteiger partial charge is 0.369 e. The van der Waals surface area contributed by atoms with Crippen LogP contribution in [0.4, 0.5) is 11.6 Å². The molecule has 0 amide bonds. The molecule has 0 saturated heterocycles. The summed E-state index contributed by atoms with van der Waals surface area (Å²) < 4.78 is 45.6. The van der Waals surface area contributed by atoms with Gasteiger partial charge in [0, 0.05) is 12.8 Å². The highest BCUT2D eigenvalue weighted by molar-refractivity contribution is 7.68. The van der Waals surface area contributed by atoms with Crippen LogP contribution in [0, 0.1) is 5.92 Å². The number of nitrogens with two attached hydrogens (primary N) is 1. The number of nitrogen functional groups attached to an aromatic ring is 1. The van der Waals surface area contributed by atoms with Crippen molar-refractivity contribution in [1.82, 2.24) is 9.97 Å². The van der Waals surface area contributed by atoms with Crippen LogP contribution in [0.15, 0.2) is 9.79 Å². The van der Waals surface area contributed by atoms with E-state index in [9.17, 15) is 23.4 Å². The van der Waals surface area contributed by atoms with Crippen molar-refractivity contribution < 1.29 is 46.6 Å². The predicted molar refractivity (Wildman–Crippen MR) is 98.5 cm³/mol. The summed E-state index contributed by atoms with van der Waals surface area (Å²) in [4.78, 5) is 57.5. The maximum absolute atomic E-state index is 11.7. The summed E-state index contributed by atoms with van der Waals surface area (Å²) in [5.41, 5.74) is 5.70. The van der Waals surface area contributed by atoms with Crippen molar-refractivity contribution in [3.05, 3.63) is 16.0 Å². The molecule has 18 heteroatoms. The van der Waals surface area contributed by atoms with Crippen LogP contribution in [0.3, 0.4) is 0 Å². The van der Waals surface area contributed by atoms with E-state index in [0.717, 1.165) is 0 Å². The Balaban J connectivity index is 1.76. The minimum atomic E-state index is -5.47. The number of anilines is 1. The Kier molecular flexibility index (Phi) is 7.68. The van der Waals surface area contributed by atoms with Crippen molar-refractivity contribution in [2.24, 2.45) is 10.9 Å². The van der Waals surface area contributed by atoms with Gasteiger partial charge in [-0.2, -0.15) is 4.31 Å². The molecule has 1 aliphatic heterocycles. The Bertz CT molecular complexity index is 973. The van der Waals surface area contributed by atoms with Crippen molar-refractivity contribution >= 4 is 41.1 Å². The minimum absolute atomic E-state index is 0.0180. The summed E-state index contributed by atoms with van der Waals surface area (Å²) in [6.45, 7) is -0.0366. The van der Waals surface area contributed by atoms with Crippen molar-refractivity contribution in [3.63, 3.8) is 0 Å². The summed E-state index contributed by atoms with van der Waals surface area (Å²) >= 11 is 0. The van der Waals surface area contributed by atoms with Crippen molar-refractivity contribution in [2.75, 3.05) is 18.7 Å². The van der Waals surface area contributed by atoms with Crippen LogP contribution >= 0.6 is 23.2 Å². The minimum Gasteiger partial charge on any atom is -0.369 e. The number of phosphoric acid groups is 2. The highest BCUT2D eigenvalue weighted by Gasteiger charge is 2.39. The number of fused-ring (bicyclic) bond motifs is 1. The molecule has 2 heterocycles. The van der Waals surface area contributed by atoms with E-state index in [1.807, 2.05) is 0 Å². The lowest BCUT2D eigenvalue weighted by Gasteiger charge is -2.18. The van der Waals surface area contributed by atoms with E-state index in [1.54, 1.807) is 6.21 Å². The first kappa shape index (κ1) is 24.0. The zero-order valence-electron chi connectivity index (χ0n) is 14.7. The molecule has 0 radical (unpaired) electrons. The first-order valence-corrected chi connectivity index (χ1v) is 12.7. The Morgan fingerprint density at radius 3 is 2.55 bits per heavy atom. The molecule has 1 aliphatic rings. The van der Waals surface area contributed by atoms with E-state index in [2.05, 4.69) is 23.6 Å². The van der Waals surface area contributed by atoms with E-state index in [4.69, 9.17) is 25.2 Å². The highest BCUT2D eigenvalue weighted by atomic mass is 31.3. The number of nitrogens with one attached hydrogen (secondary N) is 1. The number of aliphatic imine (C=N–C) groups is 1. The van der Waals surface area contributed by atoms with Gasteiger partial charge in [0.15, 0.2) is 0 Å². The third-order valence-corrected chi connectivity index (χ3v) is 7.45. The summed E-state index contributed by atoms with van der Waals surface area (Å²) in [6, 6.07) is 0. The maximum atomic E-state index is 11.7. The van der Waals surface area contributed by atoms with E-state index in [0.29, 0.717) is 25.0 Å². The molecule has 3 atom stereocenters. The number of hydrogen-bond donors (Lipinski definition) is 6. The van der Waals surface area contributed by atoms with Crippen LogP contribution in [0.1, 0.15) is 18.5 Å². The molecule has 0 saturated carbocycles. The zero-order valence-corrected chi connectivity index (χ0v) is 17.3. The molecule has 29 heavy (non-hydrogen) atoms. The van der Waals surface area contributed by atoms with E-state index in [1.165, 1.54) is 0 Å². The molecular weight excluding hydrogens is 457 g/mol. The standard InChI is InChI=1S/C11H19N4O11P3/c12-11-14-8-4-7(5-13-9(8)10(16)15-11)2-1-3-24-6-27(17,18)25-29(22,23)26-28(19,20)21/h5,7H,1-4,6H2,(H,17,18)(H,22,23)(H2,19,20,21)(H3,12,14,15,16). The van der Waals surface area contributed by atoms with E-state index in [-0.39, 0.29) is 24.2 Å². The lowest BCUT2D eigenvalue weighted by molar-refractivity contribution is 0.147. The second-order valence-electron chi connectivity index (χ2n) is 5.93. The largest absolute Gasteiger partial charge is 0.488 e. The SMILES string of the molecule is Nc1nc2c(c(=O)[nH]1)N=CC(CCCOCP(=O)(O)OP(=O)(O)OP(=O)(O)O)C2. The molecule has 15 nitrogen and oxygen atoms in total. The van der Waals surface area contributed by atoms with Gasteiger partial charge in [-0.15, -0.1) is 0 Å². The summed E-state index contributed by atoms with van der Waals surface area (Å²) in [7, 11) is -15.7. The van der Waals surface area contributed by atoms with Crippen LogP contribution < -0.4 is 11.3 Å². The number of H-pyrrole nitrogens is 1. The molecule has 164 valence electrons. The Hall–Kier alpha value is -1.24. The second-order valence-corrected chi connectivity index (χ2v) is 10.7. The lowest BCUT2D eigenvalue weighted by atomic mass is 9.96. The average molecular weight is 476 g/mol. The Labute approximate surface area is 163 Å². The highest BCUT2D eigenvalue weighted by Crippen LogP contribution is 2.65. The van der Waals surface area contributed by atoms with Gasteiger partial charge in [0.2, 0.25) is 5.95 Å². The molecule has 0 bridgehead atoms. The van der Waals surface area contributed by atoms with Gasteiger partial charge >= 0.3 is 23.2 Å². The van der Waals surface area contributed by atoms with Crippen LogP contribution in [-0.4, -0.2) is 48.7 Å². The van der Waals surface area contributed by atoms with Crippen LogP contribution in [0.5, 0.6) is 0 Å². The number of rotatable bonds is 10. The molecule has 3 unspecified atom stereocenters. The first-order valence-electron chi connectivity index (χ1n) is 7.90. The van der Waals surface area contributed by atoms with Crippen LogP contribution in [-0.2, 0) is 33.5 Å². The van der Waals surface area contributed by atoms with Gasteiger partial charge in [-0.25, -0.2) is 18.4 Å². The quantitative estimate of drug-likeness (QED) is 0.198. The second kappa shape index (κ2) is 9.27. The molecule has 0 aliphatic carbocycles. The van der Waals surface area contributed by atoms with Crippen LogP contribution in [0.25, 0.3) is 0 Å². The number of ether oxygens (including phenoxy) is 1. The summed E-state index contributed by atoms with van der Waals surface area (Å²) in [6.07, 6.45) is 1.91. The number of nitrogens with zero attached hydrogens (tertiary/aromatic N) is 2. The van der Waals surface area contributed by atoms with Gasteiger partial charge in [-0.3, -0.25) is 19.3 Å². The van der Waals surface area contributed by atoms with Gasteiger partial charge in [-0.1, -0.05) is 0 Å². The predicted octanol–water partition coefficient (Wildman–Crippen LogP) is 0.393. The van der Waals surface area contributed by atoms with Gasteiger partial charge in [0.1, 0.15) is 12.0 Å². The lowest BCUT2D eigenvalue weighted by Crippen LogP contribution is -2.20. The fraction of sp³-hybridized carbons (Fsp3) is 0.545. The van der Waals surface area contributed by atoms with Crippen molar-refractivity contribution in [1.29, 1.82) is 0 Å². The van der Waals surface area contributed by atoms with E-state index >= 15 is 0 Å². The molecular formula is C11H19N4O11P3. The van der Waals surface area contributed by atoms with E-state index < -0.39 is 35.1 Å². The third kappa shape index (κ3) is 8.19. The van der Waals surface area contributed by atoms with Crippen LogP contribution in [0.2, 0.25) is 0 Å². The van der Waals surface area contributed by atoms with Gasteiger partial charge in [0.25, 0.3) is 5.56 Å². The fourth-order valence-corrected chi connectivity index (χ4v) is 5.73. The topological polar surface area (TPSA) is 244 Å². The third-order valence-electron chi connectivity index (χ3n) is 3.41. The zero-order chi connectivity index (χ0) is 21.9. The molecule has 0 spiro atoms. The average Bonchev–Trinajstić information content (AvgIpc) is 2.50. The van der Waals surface area contributed by atoms with Crippen molar-refractivity contribution in [3.8, 4) is 0 Å². The van der Waals surface area contributed by atoms with Gasteiger partial charge in [0.05, 0.1) is 5.69 Å². The fourth-order valence-electron chi connectivity index (χ4n) is 2.43. The monoisotopic (exact) mass is 476 g/mol. The first-order chi connectivity index (χ1) is 13.3. The number of aromatic nitrogens is 2. The molecule has 1 aromatic heterocycles. The Morgan fingerprint density at radius 2 is 1.90 bits per heavy atom. The molecule has 0 fully saturated rings. The summed E-state index contributed by atoms with van der Waals surface area (Å²) in [5.74, 6) is -0.0955. The number of aromatic amines is 1. The Morgan fingerprint density at radius 1 is 1.21 bits per heavy atom. The normalized spacial score (nSPS) is 20.6. The van der Waals surface area contributed by atoms with Gasteiger partial charge in [-0.05, 0) is 25.2 Å².